The van der Waals surface area contributed by atoms with Gasteiger partial charge in [0.2, 0.25) is 0 Å². The lowest BCUT2D eigenvalue weighted by Crippen LogP contribution is -2.04. The summed E-state index contributed by atoms with van der Waals surface area (Å²) >= 11 is 1.79. The molecule has 14 heavy (non-hydrogen) atoms. The highest BCUT2D eigenvalue weighted by molar-refractivity contribution is 7.10. The summed E-state index contributed by atoms with van der Waals surface area (Å²) < 4.78 is 0. The van der Waals surface area contributed by atoms with Crippen LogP contribution in [-0.2, 0) is 0 Å². The number of nitrogens with zero attached hydrogens (tertiary/aromatic N) is 1. The molecule has 0 spiro atoms. The first-order chi connectivity index (χ1) is 6.77. The summed E-state index contributed by atoms with van der Waals surface area (Å²) in [7, 11) is 0. The van der Waals surface area contributed by atoms with E-state index >= 15 is 0 Å². The molecule has 0 aliphatic carbocycles. The van der Waals surface area contributed by atoms with Gasteiger partial charge in [0.25, 0.3) is 0 Å². The maximum absolute atomic E-state index is 3.89. The van der Waals surface area contributed by atoms with E-state index in [0.717, 1.165) is 5.69 Å². The van der Waals surface area contributed by atoms with Crippen molar-refractivity contribution in [2.45, 2.75) is 19.9 Å². The minimum Gasteiger partial charge on any atom is -0.375 e. The lowest BCUT2D eigenvalue weighted by Gasteiger charge is -2.12. The van der Waals surface area contributed by atoms with E-state index in [1.807, 2.05) is 6.20 Å². The zero-order chi connectivity index (χ0) is 9.97. The SMILES string of the molecule is Cc1ccsc1C(C)Nc1cn[nH]c1. The fourth-order valence-corrected chi connectivity index (χ4v) is 2.41. The minimum atomic E-state index is 0.340. The third kappa shape index (κ3) is 1.80. The smallest absolute Gasteiger partial charge is 0.0728 e. The normalized spacial score (nSPS) is 12.7. The molecule has 0 radical (unpaired) electrons. The Morgan fingerprint density at radius 1 is 1.57 bits per heavy atom. The van der Waals surface area contributed by atoms with Crippen molar-refractivity contribution in [3.8, 4) is 0 Å². The van der Waals surface area contributed by atoms with Crippen molar-refractivity contribution >= 4 is 17.0 Å². The fourth-order valence-electron chi connectivity index (χ4n) is 1.47. The van der Waals surface area contributed by atoms with Crippen molar-refractivity contribution in [1.29, 1.82) is 0 Å². The number of hydrogen-bond acceptors (Lipinski definition) is 3. The summed E-state index contributed by atoms with van der Waals surface area (Å²) in [6, 6.07) is 2.49. The number of H-pyrrole nitrogens is 1. The molecular formula is C10H13N3S. The van der Waals surface area contributed by atoms with E-state index in [4.69, 9.17) is 0 Å². The van der Waals surface area contributed by atoms with Crippen LogP contribution in [0.4, 0.5) is 5.69 Å². The predicted octanol–water partition coefficient (Wildman–Crippen LogP) is 2.95. The van der Waals surface area contributed by atoms with Crippen molar-refractivity contribution < 1.29 is 0 Å². The van der Waals surface area contributed by atoms with Crippen LogP contribution in [0.15, 0.2) is 23.8 Å². The third-order valence-electron chi connectivity index (χ3n) is 2.18. The van der Waals surface area contributed by atoms with E-state index in [-0.39, 0.29) is 0 Å². The number of hydrogen-bond donors (Lipinski definition) is 2. The van der Waals surface area contributed by atoms with Gasteiger partial charge in [0, 0.05) is 11.1 Å². The molecule has 4 heteroatoms. The van der Waals surface area contributed by atoms with Crippen LogP contribution in [-0.4, -0.2) is 10.2 Å². The third-order valence-corrected chi connectivity index (χ3v) is 3.38. The van der Waals surface area contributed by atoms with Crippen LogP contribution in [0.2, 0.25) is 0 Å². The molecule has 0 amide bonds. The number of anilines is 1. The molecule has 3 nitrogen and oxygen atoms in total. The highest BCUT2D eigenvalue weighted by Gasteiger charge is 2.09. The highest BCUT2D eigenvalue weighted by Crippen LogP contribution is 2.26. The highest BCUT2D eigenvalue weighted by atomic mass is 32.1. The van der Waals surface area contributed by atoms with Gasteiger partial charge in [-0.2, -0.15) is 5.10 Å². The Morgan fingerprint density at radius 2 is 2.43 bits per heavy atom. The Morgan fingerprint density at radius 3 is 3.00 bits per heavy atom. The average molecular weight is 207 g/mol. The fraction of sp³-hybridized carbons (Fsp3) is 0.300. The molecule has 2 aromatic rings. The van der Waals surface area contributed by atoms with Crippen LogP contribution in [0.25, 0.3) is 0 Å². The van der Waals surface area contributed by atoms with Gasteiger partial charge >= 0.3 is 0 Å². The van der Waals surface area contributed by atoms with Crippen LogP contribution in [0.5, 0.6) is 0 Å². The summed E-state index contributed by atoms with van der Waals surface area (Å²) in [5.74, 6) is 0. The van der Waals surface area contributed by atoms with Gasteiger partial charge in [-0.05, 0) is 30.9 Å². The second-order valence-corrected chi connectivity index (χ2v) is 4.27. The van der Waals surface area contributed by atoms with E-state index < -0.39 is 0 Å². The molecule has 0 saturated heterocycles. The molecule has 2 rings (SSSR count). The zero-order valence-electron chi connectivity index (χ0n) is 8.24. The largest absolute Gasteiger partial charge is 0.375 e. The first-order valence-electron chi connectivity index (χ1n) is 4.56. The second kappa shape index (κ2) is 3.84. The molecule has 2 N–H and O–H groups in total. The Hall–Kier alpha value is -1.29. The maximum atomic E-state index is 3.89. The molecule has 0 fully saturated rings. The Bertz CT molecular complexity index is 391. The molecular weight excluding hydrogens is 194 g/mol. The topological polar surface area (TPSA) is 40.7 Å². The number of nitrogens with one attached hydrogen (secondary N) is 2. The summed E-state index contributed by atoms with van der Waals surface area (Å²) in [6.07, 6.45) is 3.65. The van der Waals surface area contributed by atoms with Gasteiger partial charge in [0.1, 0.15) is 0 Å². The van der Waals surface area contributed by atoms with Crippen molar-refractivity contribution in [1.82, 2.24) is 10.2 Å². The summed E-state index contributed by atoms with van der Waals surface area (Å²) in [6.45, 7) is 4.30. The summed E-state index contributed by atoms with van der Waals surface area (Å²) in [5, 5.41) is 12.2. The molecule has 2 aromatic heterocycles. The van der Waals surface area contributed by atoms with E-state index in [2.05, 4.69) is 40.8 Å². The van der Waals surface area contributed by atoms with Gasteiger partial charge in [-0.25, -0.2) is 0 Å². The van der Waals surface area contributed by atoms with Crippen LogP contribution >= 0.6 is 11.3 Å². The van der Waals surface area contributed by atoms with Gasteiger partial charge < -0.3 is 5.32 Å². The molecule has 0 saturated carbocycles. The van der Waals surface area contributed by atoms with E-state index in [1.54, 1.807) is 17.5 Å². The predicted molar refractivity (Wildman–Crippen MR) is 59.7 cm³/mol. The average Bonchev–Trinajstić information content (AvgIpc) is 2.75. The number of aromatic nitrogens is 2. The summed E-state index contributed by atoms with van der Waals surface area (Å²) in [4.78, 5) is 1.38. The first kappa shape index (κ1) is 9.27. The zero-order valence-corrected chi connectivity index (χ0v) is 9.06. The molecule has 0 aliphatic rings. The Kier molecular flexibility index (Phi) is 2.54. The molecule has 0 aromatic carbocycles. The quantitative estimate of drug-likeness (QED) is 0.812. The number of thiophene rings is 1. The van der Waals surface area contributed by atoms with E-state index in [0.29, 0.717) is 6.04 Å². The lowest BCUT2D eigenvalue weighted by molar-refractivity contribution is 0.899. The maximum Gasteiger partial charge on any atom is 0.0728 e. The van der Waals surface area contributed by atoms with E-state index in [1.165, 1.54) is 10.4 Å². The van der Waals surface area contributed by atoms with Gasteiger partial charge in [0.05, 0.1) is 17.9 Å². The number of aromatic amines is 1. The van der Waals surface area contributed by atoms with Crippen molar-refractivity contribution in [3.05, 3.63) is 34.3 Å². The van der Waals surface area contributed by atoms with Crippen LogP contribution in [0, 0.1) is 6.92 Å². The molecule has 2 heterocycles. The van der Waals surface area contributed by atoms with Crippen molar-refractivity contribution in [2.24, 2.45) is 0 Å². The minimum absolute atomic E-state index is 0.340. The van der Waals surface area contributed by atoms with Crippen LogP contribution in [0.3, 0.4) is 0 Å². The summed E-state index contributed by atoms with van der Waals surface area (Å²) in [5.41, 5.74) is 2.38. The van der Waals surface area contributed by atoms with Crippen LogP contribution in [0.1, 0.15) is 23.4 Å². The molecule has 1 atom stereocenters. The van der Waals surface area contributed by atoms with Gasteiger partial charge in [-0.15, -0.1) is 11.3 Å². The number of aryl methyl sites for hydroxylation is 1. The van der Waals surface area contributed by atoms with Gasteiger partial charge in [-0.3, -0.25) is 5.10 Å². The second-order valence-electron chi connectivity index (χ2n) is 3.32. The van der Waals surface area contributed by atoms with Crippen molar-refractivity contribution in [3.63, 3.8) is 0 Å². The first-order valence-corrected chi connectivity index (χ1v) is 5.44. The van der Waals surface area contributed by atoms with Crippen LogP contribution < -0.4 is 5.32 Å². The van der Waals surface area contributed by atoms with E-state index in [9.17, 15) is 0 Å². The number of rotatable bonds is 3. The van der Waals surface area contributed by atoms with Gasteiger partial charge in [-0.1, -0.05) is 0 Å². The van der Waals surface area contributed by atoms with Gasteiger partial charge in [0.15, 0.2) is 0 Å². The standard InChI is InChI=1S/C10H13N3S/c1-7-3-4-14-10(7)8(2)13-9-5-11-12-6-9/h3-6,8,13H,1-2H3,(H,11,12). The molecule has 74 valence electrons. The molecule has 0 aliphatic heterocycles. The van der Waals surface area contributed by atoms with Crippen molar-refractivity contribution in [2.75, 3.05) is 5.32 Å². The molecule has 0 bridgehead atoms. The Balaban J connectivity index is 2.10. The molecule has 1 unspecified atom stereocenters. The lowest BCUT2D eigenvalue weighted by atomic mass is 10.2. The monoisotopic (exact) mass is 207 g/mol. The Labute approximate surface area is 87.2 Å².